The first-order chi connectivity index (χ1) is 11.2. The van der Waals surface area contributed by atoms with E-state index >= 15 is 0 Å². The van der Waals surface area contributed by atoms with Gasteiger partial charge in [0, 0.05) is 32.3 Å². The number of nitrogens with one attached hydrogen (secondary N) is 3. The Morgan fingerprint density at radius 3 is 2.87 bits per heavy atom. The van der Waals surface area contributed by atoms with Crippen molar-refractivity contribution in [3.63, 3.8) is 0 Å². The second kappa shape index (κ2) is 8.57. The third-order valence-electron chi connectivity index (χ3n) is 3.27. The molecule has 1 aromatic heterocycles. The number of benzene rings is 1. The van der Waals surface area contributed by atoms with Crippen molar-refractivity contribution in [2.45, 2.75) is 13.0 Å². The molecule has 0 saturated heterocycles. The highest BCUT2D eigenvalue weighted by Gasteiger charge is 2.04. The first-order valence-corrected chi connectivity index (χ1v) is 7.37. The van der Waals surface area contributed by atoms with E-state index in [1.165, 1.54) is 6.26 Å². The molecule has 0 aliphatic heterocycles. The van der Waals surface area contributed by atoms with Gasteiger partial charge in [0.1, 0.15) is 12.0 Å². The summed E-state index contributed by atoms with van der Waals surface area (Å²) in [5.41, 5.74) is 2.57. The molecule has 0 fully saturated rings. The summed E-state index contributed by atoms with van der Waals surface area (Å²) in [5, 5.41) is 12.8. The monoisotopic (exact) mass is 315 g/mol. The van der Waals surface area contributed by atoms with E-state index in [0.717, 1.165) is 17.7 Å². The van der Waals surface area contributed by atoms with Gasteiger partial charge in [-0.25, -0.2) is 0 Å². The van der Waals surface area contributed by atoms with Gasteiger partial charge in [0.25, 0.3) is 5.91 Å². The zero-order chi connectivity index (χ0) is 16.5. The SMILES string of the molecule is CN=C(NCCc1cccc(C(=O)NC)c1)NCc1ccon1. The predicted octanol–water partition coefficient (Wildman–Crippen LogP) is 0.942. The second-order valence-corrected chi connectivity index (χ2v) is 4.87. The van der Waals surface area contributed by atoms with Crippen LogP contribution < -0.4 is 16.0 Å². The summed E-state index contributed by atoms with van der Waals surface area (Å²) in [6.45, 7) is 1.25. The van der Waals surface area contributed by atoms with E-state index in [4.69, 9.17) is 4.52 Å². The van der Waals surface area contributed by atoms with Gasteiger partial charge in [-0.3, -0.25) is 9.79 Å². The van der Waals surface area contributed by atoms with Crippen molar-refractivity contribution in [2.24, 2.45) is 4.99 Å². The largest absolute Gasteiger partial charge is 0.364 e. The third-order valence-corrected chi connectivity index (χ3v) is 3.27. The van der Waals surface area contributed by atoms with E-state index in [-0.39, 0.29) is 5.91 Å². The number of carbonyl (C=O) groups is 1. The summed E-state index contributed by atoms with van der Waals surface area (Å²) in [7, 11) is 3.34. The fourth-order valence-corrected chi connectivity index (χ4v) is 2.06. The number of amides is 1. The summed E-state index contributed by atoms with van der Waals surface area (Å²) in [5.74, 6) is 0.611. The van der Waals surface area contributed by atoms with Crippen LogP contribution in [0, 0.1) is 0 Å². The number of aliphatic imine (C=N–C) groups is 1. The third kappa shape index (κ3) is 5.14. The van der Waals surface area contributed by atoms with Crippen LogP contribution in [0.4, 0.5) is 0 Å². The Hall–Kier alpha value is -2.83. The fraction of sp³-hybridized carbons (Fsp3) is 0.312. The van der Waals surface area contributed by atoms with E-state index in [1.54, 1.807) is 26.2 Å². The van der Waals surface area contributed by atoms with Crippen LogP contribution in [0.5, 0.6) is 0 Å². The van der Waals surface area contributed by atoms with Gasteiger partial charge in [-0.1, -0.05) is 17.3 Å². The summed E-state index contributed by atoms with van der Waals surface area (Å²) in [4.78, 5) is 15.8. The molecule has 0 spiro atoms. The maximum absolute atomic E-state index is 11.6. The Morgan fingerprint density at radius 2 is 2.17 bits per heavy atom. The molecule has 122 valence electrons. The molecule has 0 unspecified atom stereocenters. The van der Waals surface area contributed by atoms with Gasteiger partial charge in [0.15, 0.2) is 5.96 Å². The van der Waals surface area contributed by atoms with Crippen molar-refractivity contribution in [3.05, 3.63) is 53.4 Å². The van der Waals surface area contributed by atoms with Gasteiger partial charge in [-0.05, 0) is 24.1 Å². The highest BCUT2D eigenvalue weighted by molar-refractivity contribution is 5.94. The van der Waals surface area contributed by atoms with E-state index in [1.807, 2.05) is 18.2 Å². The Kier molecular flexibility index (Phi) is 6.17. The minimum absolute atomic E-state index is 0.0788. The molecule has 7 heteroatoms. The second-order valence-electron chi connectivity index (χ2n) is 4.87. The predicted molar refractivity (Wildman–Crippen MR) is 88.2 cm³/mol. The summed E-state index contributed by atoms with van der Waals surface area (Å²) in [6.07, 6.45) is 2.32. The lowest BCUT2D eigenvalue weighted by Crippen LogP contribution is -2.37. The van der Waals surface area contributed by atoms with E-state index in [0.29, 0.717) is 24.6 Å². The number of aromatic nitrogens is 1. The Morgan fingerprint density at radius 1 is 1.30 bits per heavy atom. The lowest BCUT2D eigenvalue weighted by atomic mass is 10.1. The van der Waals surface area contributed by atoms with E-state index < -0.39 is 0 Å². The van der Waals surface area contributed by atoms with Gasteiger partial charge in [0.05, 0.1) is 6.54 Å². The minimum atomic E-state index is -0.0788. The molecule has 1 aromatic carbocycles. The topological polar surface area (TPSA) is 91.5 Å². The molecule has 0 aliphatic carbocycles. The Bertz CT molecular complexity index is 652. The number of hydrogen-bond acceptors (Lipinski definition) is 4. The molecule has 0 bridgehead atoms. The number of nitrogens with zero attached hydrogens (tertiary/aromatic N) is 2. The quantitative estimate of drug-likeness (QED) is 0.545. The van der Waals surface area contributed by atoms with Crippen LogP contribution in [0.3, 0.4) is 0 Å². The number of hydrogen-bond donors (Lipinski definition) is 3. The van der Waals surface area contributed by atoms with Crippen molar-refractivity contribution < 1.29 is 9.32 Å². The average Bonchev–Trinajstić information content (AvgIpc) is 3.11. The van der Waals surface area contributed by atoms with Crippen molar-refractivity contribution in [2.75, 3.05) is 20.6 Å². The zero-order valence-electron chi connectivity index (χ0n) is 13.3. The lowest BCUT2D eigenvalue weighted by molar-refractivity contribution is 0.0963. The molecule has 3 N–H and O–H groups in total. The van der Waals surface area contributed by atoms with Crippen molar-refractivity contribution in [3.8, 4) is 0 Å². The molecule has 7 nitrogen and oxygen atoms in total. The van der Waals surface area contributed by atoms with E-state index in [2.05, 4.69) is 26.1 Å². The molecule has 1 heterocycles. The maximum Gasteiger partial charge on any atom is 0.251 e. The van der Waals surface area contributed by atoms with Crippen LogP contribution in [-0.4, -0.2) is 37.7 Å². The Balaban J connectivity index is 1.80. The normalized spacial score (nSPS) is 11.1. The van der Waals surface area contributed by atoms with Crippen molar-refractivity contribution in [1.82, 2.24) is 21.1 Å². The number of rotatable bonds is 6. The molecular formula is C16H21N5O2. The highest BCUT2D eigenvalue weighted by atomic mass is 16.5. The first kappa shape index (κ1) is 16.5. The number of carbonyl (C=O) groups excluding carboxylic acids is 1. The van der Waals surface area contributed by atoms with Crippen LogP contribution in [0.1, 0.15) is 21.6 Å². The van der Waals surface area contributed by atoms with E-state index in [9.17, 15) is 4.79 Å². The molecule has 2 rings (SSSR count). The maximum atomic E-state index is 11.6. The lowest BCUT2D eigenvalue weighted by Gasteiger charge is -2.11. The number of guanidine groups is 1. The average molecular weight is 315 g/mol. The molecule has 2 aromatic rings. The molecule has 0 atom stereocenters. The zero-order valence-corrected chi connectivity index (χ0v) is 13.3. The van der Waals surface area contributed by atoms with Crippen molar-refractivity contribution in [1.29, 1.82) is 0 Å². The fourth-order valence-electron chi connectivity index (χ4n) is 2.06. The van der Waals surface area contributed by atoms with Gasteiger partial charge < -0.3 is 20.5 Å². The van der Waals surface area contributed by atoms with Gasteiger partial charge in [0.2, 0.25) is 0 Å². The van der Waals surface area contributed by atoms with Crippen LogP contribution in [0.2, 0.25) is 0 Å². The summed E-state index contributed by atoms with van der Waals surface area (Å²) in [6, 6.07) is 9.38. The molecule has 1 amide bonds. The van der Waals surface area contributed by atoms with Crippen LogP contribution in [0.15, 0.2) is 46.1 Å². The van der Waals surface area contributed by atoms with Gasteiger partial charge >= 0.3 is 0 Å². The summed E-state index contributed by atoms with van der Waals surface area (Å²) >= 11 is 0. The van der Waals surface area contributed by atoms with Crippen LogP contribution >= 0.6 is 0 Å². The highest BCUT2D eigenvalue weighted by Crippen LogP contribution is 2.05. The Labute approximate surface area is 135 Å². The molecule has 23 heavy (non-hydrogen) atoms. The first-order valence-electron chi connectivity index (χ1n) is 7.37. The molecular weight excluding hydrogens is 294 g/mol. The van der Waals surface area contributed by atoms with Gasteiger partial charge in [-0.2, -0.15) is 0 Å². The van der Waals surface area contributed by atoms with Crippen LogP contribution in [-0.2, 0) is 13.0 Å². The van der Waals surface area contributed by atoms with Crippen molar-refractivity contribution >= 4 is 11.9 Å². The van der Waals surface area contributed by atoms with Gasteiger partial charge in [-0.15, -0.1) is 0 Å². The standard InChI is InChI=1S/C16H21N5O2/c1-17-15(22)13-5-3-4-12(10-13)6-8-19-16(18-2)20-11-14-7-9-23-21-14/h3-5,7,9-10H,6,8,11H2,1-2H3,(H,17,22)(H2,18,19,20). The summed E-state index contributed by atoms with van der Waals surface area (Å²) < 4.78 is 4.78. The van der Waals surface area contributed by atoms with Crippen LogP contribution in [0.25, 0.3) is 0 Å². The minimum Gasteiger partial charge on any atom is -0.364 e. The molecule has 0 aliphatic rings. The molecule has 0 radical (unpaired) electrons. The smallest absolute Gasteiger partial charge is 0.251 e. The molecule has 0 saturated carbocycles.